The zero-order valence-electron chi connectivity index (χ0n) is 11.3. The SMILES string of the molecule is CCc1ccsc1CNS(=O)(=O)c1ccc(CC(=O)O)s1. The van der Waals surface area contributed by atoms with Crippen LogP contribution in [0.3, 0.4) is 0 Å². The van der Waals surface area contributed by atoms with Crippen LogP contribution >= 0.6 is 22.7 Å². The Labute approximate surface area is 131 Å². The molecule has 0 saturated heterocycles. The largest absolute Gasteiger partial charge is 0.481 e. The lowest BCUT2D eigenvalue weighted by molar-refractivity contribution is -0.136. The highest BCUT2D eigenvalue weighted by Crippen LogP contribution is 2.23. The van der Waals surface area contributed by atoms with Crippen molar-refractivity contribution in [3.05, 3.63) is 38.9 Å². The minimum atomic E-state index is -3.59. The molecule has 21 heavy (non-hydrogen) atoms. The quantitative estimate of drug-likeness (QED) is 0.807. The molecule has 5 nitrogen and oxygen atoms in total. The van der Waals surface area contributed by atoms with Gasteiger partial charge in [-0.05, 0) is 35.6 Å². The average Bonchev–Trinajstić information content (AvgIpc) is 3.04. The summed E-state index contributed by atoms with van der Waals surface area (Å²) in [5.74, 6) is -0.972. The highest BCUT2D eigenvalue weighted by atomic mass is 32.2. The van der Waals surface area contributed by atoms with Gasteiger partial charge in [-0.15, -0.1) is 22.7 Å². The summed E-state index contributed by atoms with van der Waals surface area (Å²) < 4.78 is 27.1. The molecule has 0 spiro atoms. The van der Waals surface area contributed by atoms with E-state index in [0.29, 0.717) is 4.88 Å². The number of sulfonamides is 1. The number of rotatable bonds is 7. The van der Waals surface area contributed by atoms with Gasteiger partial charge in [0.15, 0.2) is 0 Å². The fraction of sp³-hybridized carbons (Fsp3) is 0.308. The first kappa shape index (κ1) is 16.2. The third-order valence-electron chi connectivity index (χ3n) is 2.87. The third-order valence-corrected chi connectivity index (χ3v) is 6.81. The van der Waals surface area contributed by atoms with Crippen LogP contribution in [0.5, 0.6) is 0 Å². The van der Waals surface area contributed by atoms with E-state index >= 15 is 0 Å². The molecule has 2 aromatic heterocycles. The van der Waals surface area contributed by atoms with Crippen molar-refractivity contribution < 1.29 is 18.3 Å². The van der Waals surface area contributed by atoms with Gasteiger partial charge in [-0.2, -0.15) is 0 Å². The smallest absolute Gasteiger partial charge is 0.308 e. The second-order valence-corrected chi connectivity index (χ2v) is 8.50. The van der Waals surface area contributed by atoms with Gasteiger partial charge in [0, 0.05) is 16.3 Å². The molecule has 0 aromatic carbocycles. The Balaban J connectivity index is 2.08. The molecule has 0 atom stereocenters. The molecule has 2 rings (SSSR count). The molecule has 2 heterocycles. The molecule has 0 aliphatic rings. The van der Waals surface area contributed by atoms with Gasteiger partial charge in [-0.1, -0.05) is 6.92 Å². The first-order valence-corrected chi connectivity index (χ1v) is 9.45. The van der Waals surface area contributed by atoms with Crippen LogP contribution in [0.2, 0.25) is 0 Å². The Hall–Kier alpha value is -1.22. The zero-order chi connectivity index (χ0) is 15.5. The lowest BCUT2D eigenvalue weighted by Gasteiger charge is -2.05. The summed E-state index contributed by atoms with van der Waals surface area (Å²) in [7, 11) is -3.59. The highest BCUT2D eigenvalue weighted by Gasteiger charge is 2.18. The summed E-state index contributed by atoms with van der Waals surface area (Å²) in [5, 5.41) is 10.7. The predicted octanol–water partition coefficient (Wildman–Crippen LogP) is 2.48. The number of carboxylic acids is 1. The van der Waals surface area contributed by atoms with Gasteiger partial charge in [-0.25, -0.2) is 13.1 Å². The number of nitrogens with one attached hydrogen (secondary N) is 1. The Bertz CT molecular complexity index is 730. The predicted molar refractivity (Wildman–Crippen MR) is 83.4 cm³/mol. The molecular weight excluding hydrogens is 330 g/mol. The average molecular weight is 345 g/mol. The van der Waals surface area contributed by atoms with Gasteiger partial charge in [0.25, 0.3) is 0 Å². The summed E-state index contributed by atoms with van der Waals surface area (Å²) in [6.07, 6.45) is 0.702. The maximum Gasteiger partial charge on any atom is 0.308 e. The van der Waals surface area contributed by atoms with E-state index in [-0.39, 0.29) is 17.2 Å². The maximum absolute atomic E-state index is 12.2. The fourth-order valence-electron chi connectivity index (χ4n) is 1.82. The normalized spacial score (nSPS) is 11.7. The van der Waals surface area contributed by atoms with Crippen LogP contribution in [0.1, 0.15) is 22.2 Å². The van der Waals surface area contributed by atoms with E-state index in [1.165, 1.54) is 23.5 Å². The maximum atomic E-state index is 12.2. The summed E-state index contributed by atoms with van der Waals surface area (Å²) in [4.78, 5) is 12.1. The van der Waals surface area contributed by atoms with Crippen molar-refractivity contribution in [1.29, 1.82) is 0 Å². The van der Waals surface area contributed by atoms with Crippen LogP contribution in [0, 0.1) is 0 Å². The Kier molecular flexibility index (Phi) is 5.15. The summed E-state index contributed by atoms with van der Waals surface area (Å²) >= 11 is 2.51. The van der Waals surface area contributed by atoms with Crippen LogP contribution < -0.4 is 4.72 Å². The Morgan fingerprint density at radius 2 is 2.10 bits per heavy atom. The fourth-order valence-corrected chi connectivity index (χ4v) is 5.21. The van der Waals surface area contributed by atoms with Gasteiger partial charge in [-0.3, -0.25) is 4.79 Å². The van der Waals surface area contributed by atoms with Crippen LogP contribution in [0.25, 0.3) is 0 Å². The number of aliphatic carboxylic acids is 1. The molecule has 0 aliphatic carbocycles. The number of thiophene rings is 2. The standard InChI is InChI=1S/C13H15NO4S3/c1-2-9-5-6-19-11(9)8-14-21(17,18)13-4-3-10(20-13)7-12(15)16/h3-6,14H,2,7-8H2,1H3,(H,15,16). The lowest BCUT2D eigenvalue weighted by atomic mass is 10.2. The summed E-state index contributed by atoms with van der Waals surface area (Å²) in [6, 6.07) is 4.97. The minimum Gasteiger partial charge on any atom is -0.481 e. The van der Waals surface area contributed by atoms with E-state index in [1.54, 1.807) is 0 Å². The van der Waals surface area contributed by atoms with Crippen LogP contribution in [0.15, 0.2) is 27.8 Å². The number of hydrogen-bond acceptors (Lipinski definition) is 5. The first-order valence-electron chi connectivity index (χ1n) is 6.27. The van der Waals surface area contributed by atoms with Crippen molar-refractivity contribution in [2.45, 2.75) is 30.5 Å². The van der Waals surface area contributed by atoms with Gasteiger partial charge >= 0.3 is 5.97 Å². The van der Waals surface area contributed by atoms with Gasteiger partial charge < -0.3 is 5.11 Å². The third kappa shape index (κ3) is 4.13. The van der Waals surface area contributed by atoms with Crippen molar-refractivity contribution in [2.75, 3.05) is 0 Å². The van der Waals surface area contributed by atoms with Crippen molar-refractivity contribution in [1.82, 2.24) is 4.72 Å². The van der Waals surface area contributed by atoms with Gasteiger partial charge in [0.2, 0.25) is 10.0 Å². The highest BCUT2D eigenvalue weighted by molar-refractivity contribution is 7.91. The molecule has 8 heteroatoms. The molecule has 0 amide bonds. The second kappa shape index (κ2) is 6.69. The van der Waals surface area contributed by atoms with Gasteiger partial charge in [0.05, 0.1) is 6.42 Å². The monoisotopic (exact) mass is 345 g/mol. The number of hydrogen-bond donors (Lipinski definition) is 2. The number of carbonyl (C=O) groups is 1. The molecule has 0 fully saturated rings. The zero-order valence-corrected chi connectivity index (χ0v) is 13.8. The minimum absolute atomic E-state index is 0.147. The van der Waals surface area contributed by atoms with Crippen LogP contribution in [-0.4, -0.2) is 19.5 Å². The molecule has 2 N–H and O–H groups in total. The second-order valence-electron chi connectivity index (χ2n) is 4.34. The number of carboxylic acid groups (broad SMARTS) is 1. The molecule has 0 radical (unpaired) electrons. The van der Waals surface area contributed by atoms with Gasteiger partial charge in [0.1, 0.15) is 4.21 Å². The molecule has 114 valence electrons. The Morgan fingerprint density at radius 1 is 1.33 bits per heavy atom. The van der Waals surface area contributed by atoms with E-state index in [9.17, 15) is 13.2 Å². The number of aryl methyl sites for hydroxylation is 1. The first-order chi connectivity index (χ1) is 9.92. The van der Waals surface area contributed by atoms with Crippen LogP contribution in [0.4, 0.5) is 0 Å². The van der Waals surface area contributed by atoms with Crippen molar-refractivity contribution in [2.24, 2.45) is 0 Å². The van der Waals surface area contributed by atoms with E-state index in [0.717, 1.165) is 28.2 Å². The van der Waals surface area contributed by atoms with E-state index in [1.807, 2.05) is 18.4 Å². The Morgan fingerprint density at radius 3 is 2.76 bits per heavy atom. The summed E-state index contributed by atoms with van der Waals surface area (Å²) in [5.41, 5.74) is 1.14. The van der Waals surface area contributed by atoms with E-state index < -0.39 is 16.0 Å². The summed E-state index contributed by atoms with van der Waals surface area (Å²) in [6.45, 7) is 2.28. The van der Waals surface area contributed by atoms with E-state index in [2.05, 4.69) is 4.72 Å². The molecular formula is C13H15NO4S3. The molecule has 2 aromatic rings. The molecule has 0 unspecified atom stereocenters. The lowest BCUT2D eigenvalue weighted by Crippen LogP contribution is -2.22. The molecule has 0 bridgehead atoms. The van der Waals surface area contributed by atoms with Crippen molar-refractivity contribution in [3.8, 4) is 0 Å². The molecule has 0 saturated carbocycles. The van der Waals surface area contributed by atoms with Crippen molar-refractivity contribution in [3.63, 3.8) is 0 Å². The molecule has 0 aliphatic heterocycles. The van der Waals surface area contributed by atoms with Crippen LogP contribution in [-0.2, 0) is 34.2 Å². The van der Waals surface area contributed by atoms with E-state index in [4.69, 9.17) is 5.11 Å². The topological polar surface area (TPSA) is 83.5 Å². The van der Waals surface area contributed by atoms with Crippen molar-refractivity contribution >= 4 is 38.7 Å².